The number of fused-ring (bicyclic) bond motifs is 1. The largest absolute Gasteiger partial charge is 0.493 e. The second-order valence-corrected chi connectivity index (χ2v) is 9.95. The minimum Gasteiger partial charge on any atom is -0.493 e. The number of aromatic nitrogens is 1. The molecule has 0 radical (unpaired) electrons. The smallest absolute Gasteiger partial charge is 0.251 e. The van der Waals surface area contributed by atoms with Crippen LogP contribution in [0.25, 0.3) is 10.9 Å². The van der Waals surface area contributed by atoms with E-state index in [-0.39, 0.29) is 23.3 Å². The van der Waals surface area contributed by atoms with E-state index in [0.717, 1.165) is 28.3 Å². The molecular formula is C26H26N2O5S. The number of ether oxygens (including phenoxy) is 2. The molecule has 0 aliphatic carbocycles. The van der Waals surface area contributed by atoms with E-state index in [0.29, 0.717) is 17.1 Å². The number of amides is 1. The number of hydrogen-bond donors (Lipinski definition) is 2. The maximum Gasteiger partial charge on any atom is 0.251 e. The van der Waals surface area contributed by atoms with Gasteiger partial charge in [0, 0.05) is 46.9 Å². The Labute approximate surface area is 198 Å². The number of nitrogens with one attached hydrogen (secondary N) is 2. The Kier molecular flexibility index (Phi) is 6.61. The standard InChI is InChI=1S/C26H26N2O5S/c1-32-24-10-6-8-20(25(24)33-2)22(21-15-27-23-9-5-4-7-19(21)23)16-28-26(29)17-11-13-18(14-12-17)34(3,30)31/h4-15,22,27H,16H2,1-3H3,(H,28,29). The summed E-state index contributed by atoms with van der Waals surface area (Å²) in [5, 5.41) is 4.04. The molecule has 0 saturated carbocycles. The van der Waals surface area contributed by atoms with Crippen molar-refractivity contribution in [2.24, 2.45) is 0 Å². The third kappa shape index (κ3) is 4.63. The monoisotopic (exact) mass is 478 g/mol. The highest BCUT2D eigenvalue weighted by Crippen LogP contribution is 2.40. The van der Waals surface area contributed by atoms with E-state index in [1.807, 2.05) is 48.7 Å². The van der Waals surface area contributed by atoms with Gasteiger partial charge in [-0.2, -0.15) is 0 Å². The minimum absolute atomic E-state index is 0.168. The van der Waals surface area contributed by atoms with Gasteiger partial charge in [-0.1, -0.05) is 30.3 Å². The summed E-state index contributed by atoms with van der Waals surface area (Å²) in [4.78, 5) is 16.4. The number of benzene rings is 3. The van der Waals surface area contributed by atoms with Crippen LogP contribution in [0.15, 0.2) is 77.8 Å². The zero-order chi connectivity index (χ0) is 24.3. The Bertz CT molecular complexity index is 1430. The van der Waals surface area contributed by atoms with Crippen molar-refractivity contribution in [2.45, 2.75) is 10.8 Å². The molecule has 4 rings (SSSR count). The first-order chi connectivity index (χ1) is 16.3. The van der Waals surface area contributed by atoms with Crippen molar-refractivity contribution in [3.05, 3.63) is 89.6 Å². The van der Waals surface area contributed by atoms with Crippen LogP contribution in [0.2, 0.25) is 0 Å². The van der Waals surface area contributed by atoms with Gasteiger partial charge in [-0.3, -0.25) is 4.79 Å². The first kappa shape index (κ1) is 23.4. The second-order valence-electron chi connectivity index (χ2n) is 7.93. The van der Waals surface area contributed by atoms with Crippen LogP contribution in [0.4, 0.5) is 0 Å². The van der Waals surface area contributed by atoms with Gasteiger partial charge in [-0.25, -0.2) is 8.42 Å². The van der Waals surface area contributed by atoms with Gasteiger partial charge < -0.3 is 19.8 Å². The maximum atomic E-state index is 12.9. The molecule has 34 heavy (non-hydrogen) atoms. The third-order valence-corrected chi connectivity index (χ3v) is 6.95. The summed E-state index contributed by atoms with van der Waals surface area (Å²) < 4.78 is 34.6. The van der Waals surface area contributed by atoms with Crippen LogP contribution in [0.5, 0.6) is 11.5 Å². The fourth-order valence-electron chi connectivity index (χ4n) is 4.11. The quantitative estimate of drug-likeness (QED) is 0.397. The third-order valence-electron chi connectivity index (χ3n) is 5.82. The fraction of sp³-hybridized carbons (Fsp3) is 0.192. The van der Waals surface area contributed by atoms with Gasteiger partial charge >= 0.3 is 0 Å². The number of methoxy groups -OCH3 is 2. The van der Waals surface area contributed by atoms with Gasteiger partial charge in [0.2, 0.25) is 0 Å². The van der Waals surface area contributed by atoms with E-state index in [1.165, 1.54) is 24.3 Å². The number of para-hydroxylation sites is 2. The van der Waals surface area contributed by atoms with Gasteiger partial charge in [0.05, 0.1) is 19.1 Å². The summed E-state index contributed by atoms with van der Waals surface area (Å²) in [5.74, 6) is 0.673. The summed E-state index contributed by atoms with van der Waals surface area (Å²) in [6.45, 7) is 0.290. The van der Waals surface area contributed by atoms with Crippen molar-refractivity contribution in [1.29, 1.82) is 0 Å². The van der Waals surface area contributed by atoms with Crippen molar-refractivity contribution in [3.63, 3.8) is 0 Å². The molecule has 1 atom stereocenters. The summed E-state index contributed by atoms with van der Waals surface area (Å²) in [5.41, 5.74) is 3.25. The van der Waals surface area contributed by atoms with E-state index in [1.54, 1.807) is 14.2 Å². The number of carbonyl (C=O) groups excluding carboxylic acids is 1. The molecule has 1 unspecified atom stereocenters. The van der Waals surface area contributed by atoms with Crippen LogP contribution in [-0.4, -0.2) is 46.3 Å². The lowest BCUT2D eigenvalue weighted by Gasteiger charge is -2.22. The van der Waals surface area contributed by atoms with Crippen molar-refractivity contribution >= 4 is 26.6 Å². The van der Waals surface area contributed by atoms with Crippen LogP contribution in [0.1, 0.15) is 27.4 Å². The van der Waals surface area contributed by atoms with E-state index in [2.05, 4.69) is 10.3 Å². The number of aromatic amines is 1. The van der Waals surface area contributed by atoms with Crippen LogP contribution < -0.4 is 14.8 Å². The van der Waals surface area contributed by atoms with Crippen molar-refractivity contribution in [3.8, 4) is 11.5 Å². The molecule has 0 bridgehead atoms. The minimum atomic E-state index is -3.33. The summed E-state index contributed by atoms with van der Waals surface area (Å²) in [6, 6.07) is 19.6. The molecule has 0 saturated heterocycles. The molecule has 0 spiro atoms. The Morgan fingerprint density at radius 1 is 0.941 bits per heavy atom. The molecule has 1 heterocycles. The normalized spacial score (nSPS) is 12.3. The Morgan fingerprint density at radius 3 is 2.35 bits per heavy atom. The lowest BCUT2D eigenvalue weighted by atomic mass is 9.89. The first-order valence-electron chi connectivity index (χ1n) is 10.7. The topological polar surface area (TPSA) is 97.5 Å². The summed E-state index contributed by atoms with van der Waals surface area (Å²) in [6.07, 6.45) is 3.08. The van der Waals surface area contributed by atoms with Crippen molar-refractivity contribution in [2.75, 3.05) is 27.0 Å². The Hall–Kier alpha value is -3.78. The summed E-state index contributed by atoms with van der Waals surface area (Å²) in [7, 11) is -0.152. The molecule has 4 aromatic rings. The van der Waals surface area contributed by atoms with Crippen molar-refractivity contribution in [1.82, 2.24) is 10.3 Å². The predicted molar refractivity (Wildman–Crippen MR) is 132 cm³/mol. The highest BCUT2D eigenvalue weighted by atomic mass is 32.2. The highest BCUT2D eigenvalue weighted by molar-refractivity contribution is 7.90. The zero-order valence-electron chi connectivity index (χ0n) is 19.2. The van der Waals surface area contributed by atoms with Crippen LogP contribution >= 0.6 is 0 Å². The molecule has 8 heteroatoms. The molecule has 7 nitrogen and oxygen atoms in total. The van der Waals surface area contributed by atoms with Crippen LogP contribution in [-0.2, 0) is 9.84 Å². The molecule has 2 N–H and O–H groups in total. The average molecular weight is 479 g/mol. The SMILES string of the molecule is COc1cccc(C(CNC(=O)c2ccc(S(C)(=O)=O)cc2)c2c[nH]c3ccccc23)c1OC. The first-order valence-corrected chi connectivity index (χ1v) is 12.6. The lowest BCUT2D eigenvalue weighted by molar-refractivity contribution is 0.0952. The molecule has 1 amide bonds. The van der Waals surface area contributed by atoms with Gasteiger partial charge in [0.15, 0.2) is 21.3 Å². The molecule has 176 valence electrons. The van der Waals surface area contributed by atoms with E-state index < -0.39 is 9.84 Å². The number of hydrogen-bond acceptors (Lipinski definition) is 5. The number of sulfone groups is 1. The van der Waals surface area contributed by atoms with E-state index in [4.69, 9.17) is 9.47 Å². The van der Waals surface area contributed by atoms with Crippen molar-refractivity contribution < 1.29 is 22.7 Å². The lowest BCUT2D eigenvalue weighted by Crippen LogP contribution is -2.29. The molecule has 1 aromatic heterocycles. The molecule has 0 aliphatic heterocycles. The van der Waals surface area contributed by atoms with Gasteiger partial charge in [0.25, 0.3) is 5.91 Å². The fourth-order valence-corrected chi connectivity index (χ4v) is 4.74. The van der Waals surface area contributed by atoms with Crippen LogP contribution in [0.3, 0.4) is 0 Å². The second kappa shape index (κ2) is 9.61. The number of H-pyrrole nitrogens is 1. The van der Waals surface area contributed by atoms with Gasteiger partial charge in [-0.15, -0.1) is 0 Å². The molecular weight excluding hydrogens is 452 g/mol. The Morgan fingerprint density at radius 2 is 1.68 bits per heavy atom. The summed E-state index contributed by atoms with van der Waals surface area (Å²) >= 11 is 0. The maximum absolute atomic E-state index is 12.9. The number of carbonyl (C=O) groups is 1. The predicted octanol–water partition coefficient (Wildman–Crippen LogP) is 4.15. The molecule has 0 aliphatic rings. The van der Waals surface area contributed by atoms with Gasteiger partial charge in [0.1, 0.15) is 0 Å². The van der Waals surface area contributed by atoms with Gasteiger partial charge in [-0.05, 0) is 42.0 Å². The van der Waals surface area contributed by atoms with E-state index in [9.17, 15) is 13.2 Å². The van der Waals surface area contributed by atoms with Crippen LogP contribution in [0, 0.1) is 0 Å². The molecule has 0 fully saturated rings. The average Bonchev–Trinajstić information content (AvgIpc) is 3.27. The number of rotatable bonds is 8. The Balaban J connectivity index is 1.69. The zero-order valence-corrected chi connectivity index (χ0v) is 20.0. The van der Waals surface area contributed by atoms with E-state index >= 15 is 0 Å². The molecule has 3 aromatic carbocycles. The highest BCUT2D eigenvalue weighted by Gasteiger charge is 2.24.